The summed E-state index contributed by atoms with van der Waals surface area (Å²) in [5.41, 5.74) is 1.46. The Morgan fingerprint density at radius 2 is 1.84 bits per heavy atom. The topological polar surface area (TPSA) is 57.2 Å². The molecule has 1 saturated carbocycles. The number of hydrogen-bond donors (Lipinski definition) is 0. The van der Waals surface area contributed by atoms with E-state index in [0.717, 1.165) is 24.9 Å². The number of benzene rings is 1. The second-order valence-electron chi connectivity index (χ2n) is 7.18. The van der Waals surface area contributed by atoms with Crippen molar-refractivity contribution in [2.75, 3.05) is 34.9 Å². The lowest BCUT2D eigenvalue weighted by Crippen LogP contribution is -2.48. The second kappa shape index (κ2) is 6.09. The molecule has 2 aliphatic heterocycles. The number of nitrogens with zero attached hydrogens (tertiary/aromatic N) is 1. The molecule has 25 heavy (non-hydrogen) atoms. The number of methoxy groups -OCH3 is 3. The van der Waals surface area contributed by atoms with Crippen LogP contribution in [-0.2, 0) is 4.74 Å². The van der Waals surface area contributed by atoms with Crippen LogP contribution in [0.1, 0.15) is 41.1 Å². The summed E-state index contributed by atoms with van der Waals surface area (Å²) in [6.45, 7) is 1.09. The molecule has 4 rings (SSSR count). The van der Waals surface area contributed by atoms with Gasteiger partial charge in [0.15, 0.2) is 11.5 Å². The fourth-order valence-electron chi connectivity index (χ4n) is 5.07. The summed E-state index contributed by atoms with van der Waals surface area (Å²) in [5, 5.41) is 0. The van der Waals surface area contributed by atoms with E-state index in [1.54, 1.807) is 21.3 Å². The van der Waals surface area contributed by atoms with E-state index in [9.17, 15) is 4.79 Å². The number of rotatable bonds is 3. The van der Waals surface area contributed by atoms with Gasteiger partial charge in [0, 0.05) is 12.0 Å². The van der Waals surface area contributed by atoms with Gasteiger partial charge in [-0.3, -0.25) is 0 Å². The number of likely N-dealkylation sites (tertiary alicyclic amines) is 1. The van der Waals surface area contributed by atoms with Gasteiger partial charge >= 0.3 is 5.97 Å². The highest BCUT2D eigenvalue weighted by Gasteiger charge is 2.51. The molecule has 1 aromatic rings. The molecule has 0 aromatic heterocycles. The molecule has 0 radical (unpaired) electrons. The average Bonchev–Trinajstić information content (AvgIpc) is 3.00. The Bertz CT molecular complexity index is 704. The molecule has 0 spiro atoms. The van der Waals surface area contributed by atoms with Gasteiger partial charge in [-0.05, 0) is 50.4 Å². The highest BCUT2D eigenvalue weighted by Crippen LogP contribution is 2.53. The van der Waals surface area contributed by atoms with Crippen molar-refractivity contribution in [3.63, 3.8) is 0 Å². The molecule has 3 aliphatic rings. The zero-order valence-electron chi connectivity index (χ0n) is 15.2. The van der Waals surface area contributed by atoms with Gasteiger partial charge in [0.05, 0.1) is 21.3 Å². The molecule has 0 amide bonds. The highest BCUT2D eigenvalue weighted by molar-refractivity contribution is 5.97. The standard InChI is InChI=1S/C19H25NO5/c1-20-8-7-10-5-6-12-14(16(10)20)11-9-13(22-2)17(23-3)18(24-4)15(11)19(21)25-12/h9-10,12,14,16H,5-8H2,1-4H3. The predicted octanol–water partition coefficient (Wildman–Crippen LogP) is 2.45. The Morgan fingerprint density at radius 1 is 1.08 bits per heavy atom. The Hall–Kier alpha value is -1.95. The smallest absolute Gasteiger partial charge is 0.342 e. The number of carbonyl (C=O) groups excluding carboxylic acids is 1. The van der Waals surface area contributed by atoms with Gasteiger partial charge < -0.3 is 23.8 Å². The maximum Gasteiger partial charge on any atom is 0.342 e. The molecular formula is C19H25NO5. The summed E-state index contributed by atoms with van der Waals surface area (Å²) in [7, 11) is 6.86. The maximum absolute atomic E-state index is 12.7. The van der Waals surface area contributed by atoms with Gasteiger partial charge in [0.25, 0.3) is 0 Å². The van der Waals surface area contributed by atoms with Crippen molar-refractivity contribution in [2.45, 2.75) is 37.3 Å². The van der Waals surface area contributed by atoms with E-state index in [4.69, 9.17) is 18.9 Å². The van der Waals surface area contributed by atoms with Gasteiger partial charge in [-0.15, -0.1) is 0 Å². The Balaban J connectivity index is 1.92. The van der Waals surface area contributed by atoms with Crippen molar-refractivity contribution in [3.05, 3.63) is 17.2 Å². The average molecular weight is 347 g/mol. The van der Waals surface area contributed by atoms with E-state index in [0.29, 0.717) is 34.8 Å². The SMILES string of the molecule is COc1cc2c(c(OC)c1OC)C(=O)OC1CCC3CCN(C)C3C21. The molecule has 0 bridgehead atoms. The third-order valence-corrected chi connectivity index (χ3v) is 6.12. The van der Waals surface area contributed by atoms with Crippen LogP contribution >= 0.6 is 0 Å². The van der Waals surface area contributed by atoms with Crippen LogP contribution in [0.5, 0.6) is 17.2 Å². The Labute approximate surface area is 148 Å². The van der Waals surface area contributed by atoms with Crippen molar-refractivity contribution >= 4 is 5.97 Å². The molecule has 2 fully saturated rings. The Kier molecular flexibility index (Phi) is 4.02. The molecule has 1 saturated heterocycles. The minimum Gasteiger partial charge on any atom is -0.493 e. The molecule has 2 heterocycles. The summed E-state index contributed by atoms with van der Waals surface area (Å²) >= 11 is 0. The predicted molar refractivity (Wildman–Crippen MR) is 91.8 cm³/mol. The fraction of sp³-hybridized carbons (Fsp3) is 0.632. The Morgan fingerprint density at radius 3 is 2.52 bits per heavy atom. The second-order valence-corrected chi connectivity index (χ2v) is 7.18. The summed E-state index contributed by atoms with van der Waals surface area (Å²) in [4.78, 5) is 15.2. The van der Waals surface area contributed by atoms with Crippen LogP contribution in [0.15, 0.2) is 6.07 Å². The van der Waals surface area contributed by atoms with Crippen LogP contribution in [0.4, 0.5) is 0 Å². The lowest BCUT2D eigenvalue weighted by molar-refractivity contribution is -0.0129. The van der Waals surface area contributed by atoms with Gasteiger partial charge in [-0.2, -0.15) is 0 Å². The molecule has 4 atom stereocenters. The van der Waals surface area contributed by atoms with E-state index in [2.05, 4.69) is 11.9 Å². The van der Waals surface area contributed by atoms with Crippen LogP contribution in [0.3, 0.4) is 0 Å². The summed E-state index contributed by atoms with van der Waals surface area (Å²) in [5.74, 6) is 1.90. The first-order valence-electron chi connectivity index (χ1n) is 8.84. The molecule has 136 valence electrons. The number of carbonyl (C=O) groups is 1. The molecule has 6 nitrogen and oxygen atoms in total. The summed E-state index contributed by atoms with van der Waals surface area (Å²) in [6.07, 6.45) is 3.16. The fourth-order valence-corrected chi connectivity index (χ4v) is 5.07. The van der Waals surface area contributed by atoms with E-state index in [-0.39, 0.29) is 18.0 Å². The van der Waals surface area contributed by atoms with Gasteiger partial charge in [0.2, 0.25) is 5.75 Å². The lowest BCUT2D eigenvalue weighted by atomic mass is 9.70. The van der Waals surface area contributed by atoms with Crippen molar-refractivity contribution < 1.29 is 23.7 Å². The minimum absolute atomic E-state index is 0.0791. The van der Waals surface area contributed by atoms with Crippen LogP contribution in [-0.4, -0.2) is 57.9 Å². The number of esters is 1. The summed E-state index contributed by atoms with van der Waals surface area (Å²) in [6, 6.07) is 2.33. The minimum atomic E-state index is -0.326. The van der Waals surface area contributed by atoms with Gasteiger partial charge in [0.1, 0.15) is 11.7 Å². The van der Waals surface area contributed by atoms with Crippen molar-refractivity contribution in [1.82, 2.24) is 4.90 Å². The van der Waals surface area contributed by atoms with Crippen LogP contribution in [0.2, 0.25) is 0 Å². The van der Waals surface area contributed by atoms with Crippen LogP contribution < -0.4 is 14.2 Å². The normalized spacial score (nSPS) is 30.8. The highest BCUT2D eigenvalue weighted by atomic mass is 16.6. The van der Waals surface area contributed by atoms with E-state index < -0.39 is 0 Å². The van der Waals surface area contributed by atoms with E-state index in [1.807, 2.05) is 6.07 Å². The quantitative estimate of drug-likeness (QED) is 0.783. The first-order chi connectivity index (χ1) is 12.1. The summed E-state index contributed by atoms with van der Waals surface area (Å²) < 4.78 is 22.4. The molecule has 1 aliphatic carbocycles. The number of hydrogen-bond acceptors (Lipinski definition) is 6. The van der Waals surface area contributed by atoms with Crippen molar-refractivity contribution in [3.8, 4) is 17.2 Å². The largest absolute Gasteiger partial charge is 0.493 e. The van der Waals surface area contributed by atoms with Crippen LogP contribution in [0, 0.1) is 5.92 Å². The van der Waals surface area contributed by atoms with E-state index >= 15 is 0 Å². The molecule has 4 unspecified atom stereocenters. The first kappa shape index (κ1) is 16.5. The molecule has 0 N–H and O–H groups in total. The van der Waals surface area contributed by atoms with Crippen LogP contribution in [0.25, 0.3) is 0 Å². The van der Waals surface area contributed by atoms with Gasteiger partial charge in [-0.25, -0.2) is 4.79 Å². The molecular weight excluding hydrogens is 322 g/mol. The zero-order valence-corrected chi connectivity index (χ0v) is 15.2. The third-order valence-electron chi connectivity index (χ3n) is 6.12. The number of fused-ring (bicyclic) bond motifs is 5. The van der Waals surface area contributed by atoms with Gasteiger partial charge in [-0.1, -0.05) is 0 Å². The molecule has 6 heteroatoms. The third kappa shape index (κ3) is 2.30. The first-order valence-corrected chi connectivity index (χ1v) is 8.84. The van der Waals surface area contributed by atoms with E-state index in [1.165, 1.54) is 6.42 Å². The maximum atomic E-state index is 12.7. The monoisotopic (exact) mass is 347 g/mol. The van der Waals surface area contributed by atoms with Crippen molar-refractivity contribution in [2.24, 2.45) is 5.92 Å². The molecule has 1 aromatic carbocycles. The van der Waals surface area contributed by atoms with Crippen molar-refractivity contribution in [1.29, 1.82) is 0 Å². The lowest BCUT2D eigenvalue weighted by Gasteiger charge is -2.45. The number of likely N-dealkylation sites (N-methyl/N-ethyl adjacent to an activating group) is 1. The zero-order chi connectivity index (χ0) is 17.7. The number of ether oxygens (including phenoxy) is 4.